The summed E-state index contributed by atoms with van der Waals surface area (Å²) in [5, 5.41) is 0. The number of fused-ring (bicyclic) bond motifs is 5. The molecule has 21 heavy (non-hydrogen) atoms. The van der Waals surface area contributed by atoms with E-state index in [2.05, 4.69) is 13.8 Å². The summed E-state index contributed by atoms with van der Waals surface area (Å²) in [6.45, 7) is 4.78. The number of hydrogen-bond acceptors (Lipinski definition) is 1. The average Bonchev–Trinajstić information content (AvgIpc) is 2.48. The maximum atomic E-state index is 12.6. The second-order valence-electron chi connectivity index (χ2n) is 9.13. The predicted octanol–water partition coefficient (Wildman–Crippen LogP) is 5.23. The van der Waals surface area contributed by atoms with Gasteiger partial charge in [-0.1, -0.05) is 20.3 Å². The summed E-state index contributed by atoms with van der Waals surface area (Å²) in [7, 11) is 0. The van der Waals surface area contributed by atoms with Crippen LogP contribution in [0, 0.1) is 40.9 Å². The molecule has 4 aliphatic rings. The Morgan fingerprint density at radius 2 is 1.76 bits per heavy atom. The summed E-state index contributed by atoms with van der Waals surface area (Å²) in [4.78, 5) is 12.6. The van der Waals surface area contributed by atoms with E-state index < -0.39 is 0 Å². The Kier molecular flexibility index (Phi) is 3.47. The van der Waals surface area contributed by atoms with Crippen molar-refractivity contribution >= 4 is 5.78 Å². The molecule has 0 aromatic rings. The number of rotatable bonds is 0. The van der Waals surface area contributed by atoms with Crippen LogP contribution in [0.1, 0.15) is 78.1 Å². The van der Waals surface area contributed by atoms with Gasteiger partial charge in [-0.3, -0.25) is 4.79 Å². The van der Waals surface area contributed by atoms with Crippen molar-refractivity contribution in [2.45, 2.75) is 78.1 Å². The lowest BCUT2D eigenvalue weighted by molar-refractivity contribution is -0.147. The number of hydrogen-bond donors (Lipinski definition) is 0. The molecule has 1 heteroatoms. The second-order valence-corrected chi connectivity index (χ2v) is 9.13. The van der Waals surface area contributed by atoms with E-state index in [9.17, 15) is 4.79 Å². The van der Waals surface area contributed by atoms with Crippen molar-refractivity contribution in [2.24, 2.45) is 40.9 Å². The van der Waals surface area contributed by atoms with Crippen LogP contribution in [0.25, 0.3) is 0 Å². The highest BCUT2D eigenvalue weighted by Gasteiger charge is 2.55. The Labute approximate surface area is 130 Å². The average molecular weight is 288 g/mol. The molecular weight excluding hydrogens is 256 g/mol. The fourth-order valence-electron chi connectivity index (χ4n) is 7.05. The van der Waals surface area contributed by atoms with Crippen molar-refractivity contribution in [3.63, 3.8) is 0 Å². The van der Waals surface area contributed by atoms with E-state index in [-0.39, 0.29) is 5.41 Å². The van der Waals surface area contributed by atoms with Gasteiger partial charge in [-0.05, 0) is 86.9 Å². The molecule has 4 rings (SSSR count). The molecule has 4 saturated carbocycles. The smallest absolute Gasteiger partial charge is 0.139 e. The first-order chi connectivity index (χ1) is 10.1. The topological polar surface area (TPSA) is 17.1 Å². The summed E-state index contributed by atoms with van der Waals surface area (Å²) in [6, 6.07) is 0. The fourth-order valence-corrected chi connectivity index (χ4v) is 7.05. The first kappa shape index (κ1) is 14.3. The zero-order valence-corrected chi connectivity index (χ0v) is 13.9. The van der Waals surface area contributed by atoms with Crippen LogP contribution in [-0.2, 0) is 4.79 Å². The van der Waals surface area contributed by atoms with Gasteiger partial charge in [0.2, 0.25) is 0 Å². The molecule has 0 aliphatic heterocycles. The zero-order valence-electron chi connectivity index (χ0n) is 13.9. The summed E-state index contributed by atoms with van der Waals surface area (Å²) in [5.41, 5.74) is 0.0637. The van der Waals surface area contributed by atoms with Crippen LogP contribution in [-0.4, -0.2) is 5.78 Å². The van der Waals surface area contributed by atoms with E-state index in [0.29, 0.717) is 5.78 Å². The molecule has 0 saturated heterocycles. The fraction of sp³-hybridized carbons (Fsp3) is 0.950. The van der Waals surface area contributed by atoms with Gasteiger partial charge in [0.1, 0.15) is 5.78 Å². The highest BCUT2D eigenvalue weighted by molar-refractivity contribution is 5.85. The first-order valence-corrected chi connectivity index (χ1v) is 9.63. The standard InChI is InChI=1S/C20H32O/c1-13-6-8-15-14(12-13)7-9-17-16(15)10-11-20(2)18(17)4-3-5-19(20)21/h13-18H,3-12H2,1-2H3/t13-,14-,15+,16-,17-,18+,20+/m1/s1. The second kappa shape index (κ2) is 5.10. The third-order valence-corrected chi connectivity index (χ3v) is 8.16. The molecule has 0 heterocycles. The van der Waals surface area contributed by atoms with E-state index in [1.807, 2.05) is 0 Å². The Balaban J connectivity index is 1.58. The molecule has 0 spiro atoms. The first-order valence-electron chi connectivity index (χ1n) is 9.63. The van der Waals surface area contributed by atoms with Gasteiger partial charge in [-0.25, -0.2) is 0 Å². The van der Waals surface area contributed by atoms with Gasteiger partial charge in [0.15, 0.2) is 0 Å². The summed E-state index contributed by atoms with van der Waals surface area (Å²) in [5.74, 6) is 6.21. The lowest BCUT2D eigenvalue weighted by atomic mass is 9.47. The molecule has 0 N–H and O–H groups in total. The van der Waals surface area contributed by atoms with Crippen LogP contribution in [0.5, 0.6) is 0 Å². The highest BCUT2D eigenvalue weighted by Crippen LogP contribution is 2.60. The molecule has 0 aromatic carbocycles. The third kappa shape index (κ3) is 2.13. The van der Waals surface area contributed by atoms with Crippen LogP contribution in [0.15, 0.2) is 0 Å². The van der Waals surface area contributed by atoms with Crippen molar-refractivity contribution in [1.82, 2.24) is 0 Å². The molecule has 0 radical (unpaired) electrons. The predicted molar refractivity (Wildman–Crippen MR) is 85.9 cm³/mol. The van der Waals surface area contributed by atoms with Crippen molar-refractivity contribution in [1.29, 1.82) is 0 Å². The molecule has 0 bridgehead atoms. The summed E-state index contributed by atoms with van der Waals surface area (Å²) in [6.07, 6.45) is 13.3. The van der Waals surface area contributed by atoms with Crippen LogP contribution in [0.3, 0.4) is 0 Å². The number of carbonyl (C=O) groups is 1. The van der Waals surface area contributed by atoms with Crippen molar-refractivity contribution in [3.05, 3.63) is 0 Å². The van der Waals surface area contributed by atoms with Gasteiger partial charge >= 0.3 is 0 Å². The third-order valence-electron chi connectivity index (χ3n) is 8.16. The molecular formula is C20H32O. The van der Waals surface area contributed by atoms with E-state index in [0.717, 1.165) is 41.9 Å². The summed E-state index contributed by atoms with van der Waals surface area (Å²) >= 11 is 0. The molecule has 118 valence electrons. The maximum Gasteiger partial charge on any atom is 0.139 e. The Morgan fingerprint density at radius 3 is 2.62 bits per heavy atom. The minimum atomic E-state index is 0.0637. The molecule has 0 aromatic heterocycles. The molecule has 0 amide bonds. The molecule has 7 atom stereocenters. The number of ketones is 1. The minimum Gasteiger partial charge on any atom is -0.299 e. The Bertz CT molecular complexity index is 428. The lowest BCUT2D eigenvalue weighted by Crippen LogP contribution is -2.52. The van der Waals surface area contributed by atoms with Gasteiger partial charge in [-0.15, -0.1) is 0 Å². The van der Waals surface area contributed by atoms with Gasteiger partial charge in [-0.2, -0.15) is 0 Å². The van der Waals surface area contributed by atoms with Gasteiger partial charge < -0.3 is 0 Å². The SMILES string of the molecule is C[C@@H]1CC[C@H]2[C@H](CC[C@@H]3[C@@H]2CC[C@]2(C)C(=O)CCC[C@@H]32)C1. The Morgan fingerprint density at radius 1 is 0.952 bits per heavy atom. The molecule has 4 fully saturated rings. The number of carbonyl (C=O) groups excluding carboxylic acids is 1. The van der Waals surface area contributed by atoms with Gasteiger partial charge in [0, 0.05) is 11.8 Å². The van der Waals surface area contributed by atoms with Crippen molar-refractivity contribution in [2.75, 3.05) is 0 Å². The van der Waals surface area contributed by atoms with E-state index in [1.165, 1.54) is 57.8 Å². The van der Waals surface area contributed by atoms with Crippen molar-refractivity contribution in [3.8, 4) is 0 Å². The van der Waals surface area contributed by atoms with Crippen LogP contribution < -0.4 is 0 Å². The van der Waals surface area contributed by atoms with E-state index in [1.54, 1.807) is 0 Å². The van der Waals surface area contributed by atoms with E-state index in [4.69, 9.17) is 0 Å². The zero-order chi connectivity index (χ0) is 14.6. The highest BCUT2D eigenvalue weighted by atomic mass is 16.1. The lowest BCUT2D eigenvalue weighted by Gasteiger charge is -2.57. The van der Waals surface area contributed by atoms with Crippen LogP contribution >= 0.6 is 0 Å². The largest absolute Gasteiger partial charge is 0.299 e. The normalized spacial score (nSPS) is 53.5. The van der Waals surface area contributed by atoms with Gasteiger partial charge in [0.25, 0.3) is 0 Å². The quantitative estimate of drug-likeness (QED) is 0.596. The van der Waals surface area contributed by atoms with Crippen LogP contribution in [0.2, 0.25) is 0 Å². The molecule has 0 unspecified atom stereocenters. The maximum absolute atomic E-state index is 12.6. The monoisotopic (exact) mass is 288 g/mol. The Hall–Kier alpha value is -0.330. The van der Waals surface area contributed by atoms with Crippen LogP contribution in [0.4, 0.5) is 0 Å². The van der Waals surface area contributed by atoms with Gasteiger partial charge in [0.05, 0.1) is 0 Å². The molecule has 4 aliphatic carbocycles. The van der Waals surface area contributed by atoms with E-state index >= 15 is 0 Å². The minimum absolute atomic E-state index is 0.0637. The molecule has 1 nitrogen and oxygen atoms in total. The number of Topliss-reactive ketones (excluding diaryl/α,β-unsaturated/α-hetero) is 1. The summed E-state index contributed by atoms with van der Waals surface area (Å²) < 4.78 is 0. The van der Waals surface area contributed by atoms with Crippen molar-refractivity contribution < 1.29 is 4.79 Å².